The molecule has 0 aliphatic rings. The van der Waals surface area contributed by atoms with Gasteiger partial charge in [0.15, 0.2) is 5.69 Å². The van der Waals surface area contributed by atoms with Crippen molar-refractivity contribution in [2.45, 2.75) is 0 Å². The van der Waals surface area contributed by atoms with Crippen molar-refractivity contribution in [2.24, 2.45) is 0 Å². The van der Waals surface area contributed by atoms with Gasteiger partial charge in [0.25, 0.3) is 0 Å². The van der Waals surface area contributed by atoms with E-state index in [2.05, 4.69) is 131 Å². The lowest BCUT2D eigenvalue weighted by atomic mass is 9.97. The Bertz CT molecular complexity index is 2240. The van der Waals surface area contributed by atoms with Gasteiger partial charge < -0.3 is 4.57 Å². The van der Waals surface area contributed by atoms with Gasteiger partial charge >= 0.3 is 0 Å². The number of benzene rings is 6. The van der Waals surface area contributed by atoms with Gasteiger partial charge in [0.2, 0.25) is 0 Å². The molecule has 6 aromatic carbocycles. The van der Waals surface area contributed by atoms with E-state index in [-0.39, 0.29) is 0 Å². The number of para-hydroxylation sites is 2. The third kappa shape index (κ3) is 3.55. The molecule has 2 heterocycles. The molecule has 0 amide bonds. The number of hydrogen-bond donors (Lipinski definition) is 0. The number of aromatic nitrogens is 1. The average Bonchev–Trinajstić information content (AvgIpc) is 3.56. The maximum absolute atomic E-state index is 7.87. The summed E-state index contributed by atoms with van der Waals surface area (Å²) in [7, 11) is 0. The number of rotatable bonds is 3. The topological polar surface area (TPSA) is 9.29 Å². The molecule has 186 valence electrons. The van der Waals surface area contributed by atoms with E-state index in [0.717, 1.165) is 27.8 Å². The zero-order valence-electron chi connectivity index (χ0n) is 21.5. The van der Waals surface area contributed by atoms with Gasteiger partial charge in [-0.3, -0.25) is 0 Å². The Labute approximate surface area is 235 Å². The Morgan fingerprint density at radius 3 is 1.85 bits per heavy atom. The molecule has 3 heteroatoms. The summed E-state index contributed by atoms with van der Waals surface area (Å²) in [5.74, 6) is 0. The second-order valence-electron chi connectivity index (χ2n) is 10.1. The Morgan fingerprint density at radius 1 is 0.475 bits per heavy atom. The van der Waals surface area contributed by atoms with Crippen LogP contribution in [0.25, 0.3) is 74.8 Å². The van der Waals surface area contributed by atoms with Crippen molar-refractivity contribution in [3.8, 4) is 27.9 Å². The van der Waals surface area contributed by atoms with Crippen LogP contribution in [0, 0.1) is 6.57 Å². The van der Waals surface area contributed by atoms with Crippen molar-refractivity contribution in [1.82, 2.24) is 4.57 Å². The van der Waals surface area contributed by atoms with E-state index in [9.17, 15) is 0 Å². The lowest BCUT2D eigenvalue weighted by molar-refractivity contribution is 1.18. The van der Waals surface area contributed by atoms with E-state index in [4.69, 9.17) is 6.57 Å². The number of nitrogens with zero attached hydrogens (tertiary/aromatic N) is 2. The molecule has 0 bridgehead atoms. The molecule has 0 aliphatic carbocycles. The molecule has 8 aromatic rings. The fraction of sp³-hybridized carbons (Fsp3) is 0. The summed E-state index contributed by atoms with van der Waals surface area (Å²) in [4.78, 5) is 3.86. The smallest absolute Gasteiger partial charge is 0.189 e. The van der Waals surface area contributed by atoms with Crippen LogP contribution in [0.1, 0.15) is 0 Å². The van der Waals surface area contributed by atoms with Crippen molar-refractivity contribution in [2.75, 3.05) is 0 Å². The van der Waals surface area contributed by atoms with Crippen LogP contribution in [-0.2, 0) is 0 Å². The maximum Gasteiger partial charge on any atom is 0.189 e. The van der Waals surface area contributed by atoms with Gasteiger partial charge in [-0.2, -0.15) is 0 Å². The molecule has 0 spiro atoms. The molecular formula is C37H22N2S. The summed E-state index contributed by atoms with van der Waals surface area (Å²) < 4.78 is 4.90. The minimum atomic E-state index is 0.630. The summed E-state index contributed by atoms with van der Waals surface area (Å²) in [5.41, 5.74) is 8.41. The minimum absolute atomic E-state index is 0.630. The van der Waals surface area contributed by atoms with Crippen molar-refractivity contribution < 1.29 is 0 Å². The zero-order chi connectivity index (χ0) is 26.6. The maximum atomic E-state index is 7.87. The zero-order valence-corrected chi connectivity index (χ0v) is 22.3. The number of hydrogen-bond acceptors (Lipinski definition) is 1. The molecule has 8 rings (SSSR count). The number of thiophene rings is 1. The van der Waals surface area contributed by atoms with E-state index in [1.54, 1.807) is 0 Å². The normalized spacial score (nSPS) is 11.5. The summed E-state index contributed by atoms with van der Waals surface area (Å²) in [6.07, 6.45) is 0. The van der Waals surface area contributed by atoms with E-state index in [1.165, 1.54) is 42.1 Å². The highest BCUT2D eigenvalue weighted by molar-refractivity contribution is 7.25. The van der Waals surface area contributed by atoms with Crippen LogP contribution in [0.5, 0.6) is 0 Å². The third-order valence-electron chi connectivity index (χ3n) is 7.78. The van der Waals surface area contributed by atoms with Gasteiger partial charge in [0, 0.05) is 36.6 Å². The van der Waals surface area contributed by atoms with Crippen molar-refractivity contribution >= 4 is 59.0 Å². The van der Waals surface area contributed by atoms with Crippen LogP contribution < -0.4 is 0 Å². The van der Waals surface area contributed by atoms with E-state index in [0.29, 0.717) is 5.69 Å². The average molecular weight is 527 g/mol. The second kappa shape index (κ2) is 8.95. The largest absolute Gasteiger partial charge is 0.310 e. The Morgan fingerprint density at radius 2 is 1.10 bits per heavy atom. The van der Waals surface area contributed by atoms with Gasteiger partial charge in [0.1, 0.15) is 0 Å². The van der Waals surface area contributed by atoms with Crippen LogP contribution in [-0.4, -0.2) is 4.57 Å². The second-order valence-corrected chi connectivity index (χ2v) is 11.2. The van der Waals surface area contributed by atoms with Gasteiger partial charge in [-0.15, -0.1) is 11.3 Å². The standard InChI is InChI=1S/C37H22N2S/c1-38-28-20-27(21-29(23-28)39-34-14-5-2-11-30(34)31-12-3-6-15-35(31)39)25-10-8-9-24(19-25)26-17-18-37-33(22-26)32-13-4-7-16-36(32)40-37/h2-23H. The van der Waals surface area contributed by atoms with Gasteiger partial charge in [-0.25, -0.2) is 4.85 Å². The molecule has 0 saturated heterocycles. The molecule has 0 atom stereocenters. The predicted molar refractivity (Wildman–Crippen MR) is 171 cm³/mol. The lowest BCUT2D eigenvalue weighted by Crippen LogP contribution is -1.94. The van der Waals surface area contributed by atoms with Crippen molar-refractivity contribution in [3.05, 3.63) is 145 Å². The molecule has 0 aliphatic heterocycles. The molecule has 0 fully saturated rings. The van der Waals surface area contributed by atoms with Crippen LogP contribution in [0.15, 0.2) is 133 Å². The highest BCUT2D eigenvalue weighted by Crippen LogP contribution is 2.38. The highest BCUT2D eigenvalue weighted by Gasteiger charge is 2.14. The Balaban J connectivity index is 1.29. The Hall–Kier alpha value is -5.17. The summed E-state index contributed by atoms with van der Waals surface area (Å²) in [5, 5.41) is 5.03. The molecule has 0 radical (unpaired) electrons. The fourth-order valence-electron chi connectivity index (χ4n) is 5.94. The molecule has 40 heavy (non-hydrogen) atoms. The molecule has 0 unspecified atom stereocenters. The monoisotopic (exact) mass is 526 g/mol. The summed E-state index contributed by atoms with van der Waals surface area (Å²) in [6, 6.07) is 47.2. The quantitative estimate of drug-likeness (QED) is 0.203. The van der Waals surface area contributed by atoms with E-state index >= 15 is 0 Å². The van der Waals surface area contributed by atoms with Crippen LogP contribution in [0.2, 0.25) is 0 Å². The fourth-order valence-corrected chi connectivity index (χ4v) is 7.03. The summed E-state index contributed by atoms with van der Waals surface area (Å²) >= 11 is 1.84. The van der Waals surface area contributed by atoms with Crippen LogP contribution >= 0.6 is 11.3 Å². The Kier molecular flexibility index (Phi) is 5.10. The third-order valence-corrected chi connectivity index (χ3v) is 8.93. The SMILES string of the molecule is [C-]#[N+]c1cc(-c2cccc(-c3ccc4sc5ccccc5c4c3)c2)cc(-n2c3ccccc3c3ccccc32)c1. The minimum Gasteiger partial charge on any atom is -0.310 e. The van der Waals surface area contributed by atoms with Crippen molar-refractivity contribution in [3.63, 3.8) is 0 Å². The predicted octanol–water partition coefficient (Wildman–Crippen LogP) is 11.0. The van der Waals surface area contributed by atoms with Gasteiger partial charge in [0.05, 0.1) is 17.6 Å². The molecule has 0 saturated carbocycles. The first-order chi connectivity index (χ1) is 19.8. The molecule has 2 aromatic heterocycles. The van der Waals surface area contributed by atoms with Crippen LogP contribution in [0.4, 0.5) is 5.69 Å². The van der Waals surface area contributed by atoms with E-state index < -0.39 is 0 Å². The molecule has 2 nitrogen and oxygen atoms in total. The summed E-state index contributed by atoms with van der Waals surface area (Å²) in [6.45, 7) is 7.87. The van der Waals surface area contributed by atoms with Gasteiger partial charge in [-0.05, 0) is 76.9 Å². The first-order valence-corrected chi connectivity index (χ1v) is 14.1. The molecule has 0 N–H and O–H groups in total. The first kappa shape index (κ1) is 22.8. The molecular weight excluding hydrogens is 504 g/mol. The van der Waals surface area contributed by atoms with Crippen molar-refractivity contribution in [1.29, 1.82) is 0 Å². The number of fused-ring (bicyclic) bond motifs is 6. The highest BCUT2D eigenvalue weighted by atomic mass is 32.1. The first-order valence-electron chi connectivity index (χ1n) is 13.3. The van der Waals surface area contributed by atoms with Gasteiger partial charge in [-0.1, -0.05) is 78.9 Å². The lowest BCUT2D eigenvalue weighted by Gasteiger charge is -2.12. The van der Waals surface area contributed by atoms with Crippen LogP contribution in [0.3, 0.4) is 0 Å². The van der Waals surface area contributed by atoms with E-state index in [1.807, 2.05) is 23.5 Å².